The van der Waals surface area contributed by atoms with Crippen LogP contribution in [0.1, 0.15) is 33.1 Å². The predicted octanol–water partition coefficient (Wildman–Crippen LogP) is 0.389. The minimum absolute atomic E-state index is 0.195. The minimum atomic E-state index is 0.195. The third-order valence-corrected chi connectivity index (χ3v) is 4.82. The Morgan fingerprint density at radius 3 is 2.48 bits per heavy atom. The van der Waals surface area contributed by atoms with E-state index in [9.17, 15) is 9.59 Å². The molecule has 0 radical (unpaired) electrons. The fraction of sp³-hybridized carbons (Fsp3) is 0.882. The molecule has 1 N–H and O–H groups in total. The van der Waals surface area contributed by atoms with Gasteiger partial charge in [-0.1, -0.05) is 0 Å². The van der Waals surface area contributed by atoms with Crippen molar-refractivity contribution < 1.29 is 9.59 Å². The van der Waals surface area contributed by atoms with Crippen molar-refractivity contribution in [3.05, 3.63) is 0 Å². The van der Waals surface area contributed by atoms with Crippen molar-refractivity contribution >= 4 is 11.8 Å². The molecule has 6 nitrogen and oxygen atoms in total. The van der Waals surface area contributed by atoms with E-state index < -0.39 is 0 Å². The van der Waals surface area contributed by atoms with Crippen LogP contribution < -0.4 is 5.32 Å². The highest BCUT2D eigenvalue weighted by molar-refractivity contribution is 5.79. The van der Waals surface area contributed by atoms with Crippen molar-refractivity contribution in [2.45, 2.75) is 33.1 Å². The molecule has 2 aliphatic rings. The number of hydrogen-bond donors (Lipinski definition) is 1. The molecule has 1 heterocycles. The first-order valence-electron chi connectivity index (χ1n) is 9.12. The number of amides is 2. The summed E-state index contributed by atoms with van der Waals surface area (Å²) in [4.78, 5) is 30.5. The van der Waals surface area contributed by atoms with Gasteiger partial charge in [0.05, 0.1) is 13.1 Å². The van der Waals surface area contributed by atoms with E-state index in [0.717, 1.165) is 58.2 Å². The lowest BCUT2D eigenvalue weighted by atomic mass is 10.3. The summed E-state index contributed by atoms with van der Waals surface area (Å²) in [6.45, 7) is 10.7. The fourth-order valence-electron chi connectivity index (χ4n) is 3.06. The van der Waals surface area contributed by atoms with E-state index in [-0.39, 0.29) is 11.8 Å². The Balaban J connectivity index is 1.70. The zero-order valence-electron chi connectivity index (χ0n) is 14.7. The van der Waals surface area contributed by atoms with Gasteiger partial charge in [0.25, 0.3) is 0 Å². The predicted molar refractivity (Wildman–Crippen MR) is 91.2 cm³/mol. The molecule has 0 unspecified atom stereocenters. The van der Waals surface area contributed by atoms with Crippen molar-refractivity contribution in [1.29, 1.82) is 0 Å². The second-order valence-corrected chi connectivity index (χ2v) is 6.65. The zero-order chi connectivity index (χ0) is 16.7. The van der Waals surface area contributed by atoms with Crippen LogP contribution in [-0.2, 0) is 9.59 Å². The van der Waals surface area contributed by atoms with Crippen LogP contribution in [0.5, 0.6) is 0 Å². The van der Waals surface area contributed by atoms with Crippen LogP contribution in [0.3, 0.4) is 0 Å². The minimum Gasteiger partial charge on any atom is -0.342 e. The summed E-state index contributed by atoms with van der Waals surface area (Å²) >= 11 is 0. The second-order valence-electron chi connectivity index (χ2n) is 6.65. The van der Waals surface area contributed by atoms with Crippen LogP contribution in [-0.4, -0.2) is 85.4 Å². The van der Waals surface area contributed by atoms with Crippen LogP contribution in [0.25, 0.3) is 0 Å². The van der Waals surface area contributed by atoms with E-state index >= 15 is 0 Å². The Labute approximate surface area is 140 Å². The Bertz CT molecular complexity index is 394. The SMILES string of the molecule is CCN(CC)C(=O)CN1CCCN(C(=O)CNCC2CC2)CC1. The lowest BCUT2D eigenvalue weighted by molar-refractivity contribution is -0.132. The maximum absolute atomic E-state index is 12.3. The first kappa shape index (κ1) is 18.2. The average molecular weight is 324 g/mol. The average Bonchev–Trinajstić information content (AvgIpc) is 3.36. The Hall–Kier alpha value is -1.14. The van der Waals surface area contributed by atoms with Crippen LogP contribution >= 0.6 is 0 Å². The number of carbonyl (C=O) groups is 2. The topological polar surface area (TPSA) is 55.9 Å². The van der Waals surface area contributed by atoms with Gasteiger partial charge in [-0.05, 0) is 45.6 Å². The van der Waals surface area contributed by atoms with Gasteiger partial charge in [-0.15, -0.1) is 0 Å². The molecular weight excluding hydrogens is 292 g/mol. The smallest absolute Gasteiger partial charge is 0.236 e. The summed E-state index contributed by atoms with van der Waals surface area (Å²) in [5.74, 6) is 1.19. The second kappa shape index (κ2) is 9.23. The van der Waals surface area contributed by atoms with Crippen molar-refractivity contribution in [3.8, 4) is 0 Å². The van der Waals surface area contributed by atoms with Gasteiger partial charge in [0, 0.05) is 39.3 Å². The molecule has 1 aliphatic heterocycles. The van der Waals surface area contributed by atoms with Gasteiger partial charge in [-0.2, -0.15) is 0 Å². The van der Waals surface area contributed by atoms with E-state index in [1.54, 1.807) is 0 Å². The molecule has 2 rings (SSSR count). The first-order valence-corrected chi connectivity index (χ1v) is 9.12. The fourth-order valence-corrected chi connectivity index (χ4v) is 3.06. The summed E-state index contributed by atoms with van der Waals surface area (Å²) in [5.41, 5.74) is 0. The molecule has 1 saturated heterocycles. The highest BCUT2D eigenvalue weighted by Crippen LogP contribution is 2.27. The molecule has 0 atom stereocenters. The normalized spacial score (nSPS) is 19.5. The standard InChI is InChI=1S/C17H32N4O2/c1-3-20(4-2)17(23)14-19-8-5-9-21(11-10-19)16(22)13-18-12-15-6-7-15/h15,18H,3-14H2,1-2H3. The number of carbonyl (C=O) groups excluding carboxylic acids is 2. The largest absolute Gasteiger partial charge is 0.342 e. The third kappa shape index (κ3) is 6.11. The Morgan fingerprint density at radius 2 is 1.83 bits per heavy atom. The molecule has 2 fully saturated rings. The van der Waals surface area contributed by atoms with Crippen molar-refractivity contribution in [1.82, 2.24) is 20.0 Å². The van der Waals surface area contributed by atoms with Crippen LogP contribution in [0.2, 0.25) is 0 Å². The van der Waals surface area contributed by atoms with E-state index in [4.69, 9.17) is 0 Å². The summed E-state index contributed by atoms with van der Waals surface area (Å²) in [7, 11) is 0. The van der Waals surface area contributed by atoms with Crippen LogP contribution in [0.15, 0.2) is 0 Å². The molecule has 0 bridgehead atoms. The monoisotopic (exact) mass is 324 g/mol. The molecule has 0 aromatic heterocycles. The molecule has 23 heavy (non-hydrogen) atoms. The van der Waals surface area contributed by atoms with Gasteiger partial charge in [0.15, 0.2) is 0 Å². The molecule has 0 aromatic carbocycles. The van der Waals surface area contributed by atoms with Gasteiger partial charge in [0.1, 0.15) is 0 Å². The summed E-state index contributed by atoms with van der Waals surface area (Å²) < 4.78 is 0. The summed E-state index contributed by atoms with van der Waals surface area (Å²) in [6, 6.07) is 0. The quantitative estimate of drug-likeness (QED) is 0.702. The highest BCUT2D eigenvalue weighted by atomic mass is 16.2. The van der Waals surface area contributed by atoms with Crippen LogP contribution in [0, 0.1) is 5.92 Å². The number of hydrogen-bond acceptors (Lipinski definition) is 4. The van der Waals surface area contributed by atoms with Crippen molar-refractivity contribution in [2.75, 3.05) is 58.9 Å². The molecule has 0 spiro atoms. The van der Waals surface area contributed by atoms with Crippen molar-refractivity contribution in [2.24, 2.45) is 5.92 Å². The third-order valence-electron chi connectivity index (χ3n) is 4.82. The summed E-state index contributed by atoms with van der Waals surface area (Å²) in [6.07, 6.45) is 3.56. The van der Waals surface area contributed by atoms with Gasteiger partial charge >= 0.3 is 0 Å². The van der Waals surface area contributed by atoms with Gasteiger partial charge in [-0.25, -0.2) is 0 Å². The number of rotatable bonds is 8. The Kier molecular flexibility index (Phi) is 7.30. The molecule has 6 heteroatoms. The number of nitrogens with one attached hydrogen (secondary N) is 1. The van der Waals surface area contributed by atoms with E-state index in [2.05, 4.69) is 10.2 Å². The molecule has 132 valence electrons. The van der Waals surface area contributed by atoms with Gasteiger partial charge < -0.3 is 15.1 Å². The maximum atomic E-state index is 12.3. The molecule has 2 amide bonds. The first-order chi connectivity index (χ1) is 11.1. The van der Waals surface area contributed by atoms with E-state index in [1.807, 2.05) is 23.6 Å². The molecular formula is C17H32N4O2. The molecule has 0 aromatic rings. The number of likely N-dealkylation sites (N-methyl/N-ethyl adjacent to an activating group) is 1. The lowest BCUT2D eigenvalue weighted by Crippen LogP contribution is -2.43. The molecule has 1 saturated carbocycles. The lowest BCUT2D eigenvalue weighted by Gasteiger charge is -2.25. The van der Waals surface area contributed by atoms with Crippen molar-refractivity contribution in [3.63, 3.8) is 0 Å². The highest BCUT2D eigenvalue weighted by Gasteiger charge is 2.23. The zero-order valence-corrected chi connectivity index (χ0v) is 14.7. The van der Waals surface area contributed by atoms with E-state index in [1.165, 1.54) is 12.8 Å². The van der Waals surface area contributed by atoms with E-state index in [0.29, 0.717) is 13.1 Å². The number of nitrogens with zero attached hydrogens (tertiary/aromatic N) is 3. The summed E-state index contributed by atoms with van der Waals surface area (Å²) in [5, 5.41) is 3.27. The van der Waals surface area contributed by atoms with Crippen LogP contribution in [0.4, 0.5) is 0 Å². The maximum Gasteiger partial charge on any atom is 0.236 e. The van der Waals surface area contributed by atoms with Gasteiger partial charge in [-0.3, -0.25) is 14.5 Å². The van der Waals surface area contributed by atoms with Gasteiger partial charge in [0.2, 0.25) is 11.8 Å². The Morgan fingerprint density at radius 1 is 1.09 bits per heavy atom. The molecule has 1 aliphatic carbocycles.